The number of halogens is 1. The van der Waals surface area contributed by atoms with Crippen molar-refractivity contribution < 1.29 is 4.39 Å². The van der Waals surface area contributed by atoms with Gasteiger partial charge >= 0.3 is 0 Å². The molecule has 3 heteroatoms. The summed E-state index contributed by atoms with van der Waals surface area (Å²) in [6.45, 7) is 5.32. The first-order valence-corrected chi connectivity index (χ1v) is 7.98. The fraction of sp³-hybridized carbons (Fsp3) is 0.412. The van der Waals surface area contributed by atoms with Crippen LogP contribution in [0.2, 0.25) is 0 Å². The molecule has 1 aromatic carbocycles. The Balaban J connectivity index is 1.47. The lowest BCUT2D eigenvalue weighted by Gasteiger charge is -2.36. The van der Waals surface area contributed by atoms with E-state index in [1.807, 2.05) is 23.5 Å². The molecule has 1 nitrogen and oxygen atoms in total. The highest BCUT2D eigenvalue weighted by molar-refractivity contribution is 7.12. The molecular formula is C17H20FNS. The molecule has 3 rings (SSSR count). The Morgan fingerprint density at radius 2 is 1.90 bits per heavy atom. The first kappa shape index (κ1) is 13.8. The van der Waals surface area contributed by atoms with Crippen molar-refractivity contribution in [1.82, 2.24) is 5.32 Å². The minimum atomic E-state index is -0.147. The van der Waals surface area contributed by atoms with Crippen molar-refractivity contribution >= 4 is 11.3 Å². The van der Waals surface area contributed by atoms with Gasteiger partial charge in [0.05, 0.1) is 0 Å². The van der Waals surface area contributed by atoms with Gasteiger partial charge in [0.1, 0.15) is 5.82 Å². The van der Waals surface area contributed by atoms with Crippen molar-refractivity contribution in [2.75, 3.05) is 0 Å². The first-order valence-electron chi connectivity index (χ1n) is 7.16. The summed E-state index contributed by atoms with van der Waals surface area (Å²) in [5.74, 6) is 0.450. The molecule has 20 heavy (non-hydrogen) atoms. The molecule has 1 aliphatic carbocycles. The summed E-state index contributed by atoms with van der Waals surface area (Å²) in [5, 5.41) is 3.62. The van der Waals surface area contributed by atoms with Crippen LogP contribution in [0.5, 0.6) is 0 Å². The van der Waals surface area contributed by atoms with Gasteiger partial charge in [-0.05, 0) is 61.9 Å². The zero-order valence-electron chi connectivity index (χ0n) is 11.9. The van der Waals surface area contributed by atoms with Crippen molar-refractivity contribution in [1.29, 1.82) is 0 Å². The SMILES string of the molecule is Cc1cc(CNC2CC(c3ccc(F)cc3)C2)sc1C. The molecule has 0 radical (unpaired) electrons. The second-order valence-corrected chi connectivity index (χ2v) is 7.09. The average Bonchev–Trinajstić information content (AvgIpc) is 2.69. The Morgan fingerprint density at radius 3 is 2.50 bits per heavy atom. The van der Waals surface area contributed by atoms with E-state index in [4.69, 9.17) is 0 Å². The molecule has 0 unspecified atom stereocenters. The predicted octanol–water partition coefficient (Wildman–Crippen LogP) is 4.54. The molecule has 106 valence electrons. The molecule has 0 bridgehead atoms. The monoisotopic (exact) mass is 289 g/mol. The van der Waals surface area contributed by atoms with Crippen molar-refractivity contribution in [2.24, 2.45) is 0 Å². The lowest BCUT2D eigenvalue weighted by molar-refractivity contribution is 0.290. The van der Waals surface area contributed by atoms with Gasteiger partial charge in [0.25, 0.3) is 0 Å². The number of rotatable bonds is 4. The molecular weight excluding hydrogens is 269 g/mol. The molecule has 0 aliphatic heterocycles. The second kappa shape index (κ2) is 5.66. The van der Waals surface area contributed by atoms with Crippen molar-refractivity contribution in [3.8, 4) is 0 Å². The molecule has 1 saturated carbocycles. The van der Waals surface area contributed by atoms with E-state index in [0.717, 1.165) is 19.4 Å². The first-order chi connectivity index (χ1) is 9.61. The van der Waals surface area contributed by atoms with E-state index in [9.17, 15) is 4.39 Å². The van der Waals surface area contributed by atoms with Gasteiger partial charge < -0.3 is 5.32 Å². The van der Waals surface area contributed by atoms with E-state index < -0.39 is 0 Å². The van der Waals surface area contributed by atoms with Gasteiger partial charge in [0.2, 0.25) is 0 Å². The van der Waals surface area contributed by atoms with Crippen LogP contribution in [0.4, 0.5) is 4.39 Å². The van der Waals surface area contributed by atoms with Gasteiger partial charge in [0.15, 0.2) is 0 Å². The van der Waals surface area contributed by atoms with Crippen LogP contribution < -0.4 is 5.32 Å². The van der Waals surface area contributed by atoms with Crippen LogP contribution in [-0.4, -0.2) is 6.04 Å². The fourth-order valence-corrected chi connectivity index (χ4v) is 3.78. The van der Waals surface area contributed by atoms with Gasteiger partial charge in [-0.3, -0.25) is 0 Å². The Bertz CT molecular complexity index is 562. The normalized spacial score (nSPS) is 21.8. The summed E-state index contributed by atoms with van der Waals surface area (Å²) in [7, 11) is 0. The molecule has 2 aromatic rings. The summed E-state index contributed by atoms with van der Waals surface area (Å²) in [4.78, 5) is 2.84. The van der Waals surface area contributed by atoms with Crippen LogP contribution >= 0.6 is 11.3 Å². The molecule has 1 aliphatic rings. The summed E-state index contributed by atoms with van der Waals surface area (Å²) in [6, 6.07) is 9.85. The predicted molar refractivity (Wildman–Crippen MR) is 82.8 cm³/mol. The summed E-state index contributed by atoms with van der Waals surface area (Å²) in [6.07, 6.45) is 2.32. The Morgan fingerprint density at radius 1 is 1.20 bits per heavy atom. The number of hydrogen-bond acceptors (Lipinski definition) is 2. The van der Waals surface area contributed by atoms with Crippen LogP contribution in [0.25, 0.3) is 0 Å². The minimum Gasteiger partial charge on any atom is -0.309 e. The fourth-order valence-electron chi connectivity index (χ4n) is 2.77. The molecule has 0 atom stereocenters. The maximum absolute atomic E-state index is 12.9. The zero-order chi connectivity index (χ0) is 14.1. The third-order valence-corrected chi connectivity index (χ3v) is 5.41. The van der Waals surface area contributed by atoms with Crippen LogP contribution in [0.1, 0.15) is 39.6 Å². The standard InChI is InChI=1S/C17H20FNS/c1-11-7-17(20-12(11)2)10-19-16-8-14(9-16)13-3-5-15(18)6-4-13/h3-7,14,16,19H,8-10H2,1-2H3. The smallest absolute Gasteiger partial charge is 0.123 e. The largest absolute Gasteiger partial charge is 0.309 e. The van der Waals surface area contributed by atoms with E-state index in [0.29, 0.717) is 12.0 Å². The topological polar surface area (TPSA) is 12.0 Å². The average molecular weight is 289 g/mol. The minimum absolute atomic E-state index is 0.147. The van der Waals surface area contributed by atoms with Gasteiger partial charge in [-0.1, -0.05) is 12.1 Å². The molecule has 0 amide bonds. The molecule has 1 heterocycles. The molecule has 0 saturated heterocycles. The second-order valence-electron chi connectivity index (χ2n) is 5.75. The van der Waals surface area contributed by atoms with E-state index in [1.165, 1.54) is 20.9 Å². The molecule has 0 spiro atoms. The van der Waals surface area contributed by atoms with Crippen LogP contribution in [-0.2, 0) is 6.54 Å². The maximum atomic E-state index is 12.9. The Kier molecular flexibility index (Phi) is 3.90. The summed E-state index contributed by atoms with van der Waals surface area (Å²) in [5.41, 5.74) is 2.66. The number of aryl methyl sites for hydroxylation is 2. The van der Waals surface area contributed by atoms with Crippen molar-refractivity contribution in [3.05, 3.63) is 57.0 Å². The van der Waals surface area contributed by atoms with E-state index in [1.54, 1.807) is 12.1 Å². The van der Waals surface area contributed by atoms with Gasteiger partial charge in [-0.15, -0.1) is 11.3 Å². The van der Waals surface area contributed by atoms with Crippen LogP contribution in [0.3, 0.4) is 0 Å². The number of hydrogen-bond donors (Lipinski definition) is 1. The quantitative estimate of drug-likeness (QED) is 0.871. The number of nitrogens with one attached hydrogen (secondary N) is 1. The highest BCUT2D eigenvalue weighted by Crippen LogP contribution is 2.37. The van der Waals surface area contributed by atoms with Gasteiger partial charge in [-0.2, -0.15) is 0 Å². The zero-order valence-corrected chi connectivity index (χ0v) is 12.8. The molecule has 1 aromatic heterocycles. The Labute approximate surface area is 123 Å². The third kappa shape index (κ3) is 2.94. The summed E-state index contributed by atoms with van der Waals surface area (Å²) >= 11 is 1.89. The molecule has 1 N–H and O–H groups in total. The Hall–Kier alpha value is -1.19. The molecule has 1 fully saturated rings. The van der Waals surface area contributed by atoms with Gasteiger partial charge in [-0.25, -0.2) is 4.39 Å². The van der Waals surface area contributed by atoms with Gasteiger partial charge in [0, 0.05) is 22.3 Å². The van der Waals surface area contributed by atoms with Crippen LogP contribution in [0.15, 0.2) is 30.3 Å². The van der Waals surface area contributed by atoms with Crippen LogP contribution in [0, 0.1) is 19.7 Å². The van der Waals surface area contributed by atoms with E-state index in [2.05, 4.69) is 25.2 Å². The summed E-state index contributed by atoms with van der Waals surface area (Å²) < 4.78 is 12.9. The van der Waals surface area contributed by atoms with Crippen molar-refractivity contribution in [2.45, 2.75) is 45.2 Å². The van der Waals surface area contributed by atoms with E-state index in [-0.39, 0.29) is 5.82 Å². The highest BCUT2D eigenvalue weighted by Gasteiger charge is 2.29. The maximum Gasteiger partial charge on any atom is 0.123 e. The number of benzene rings is 1. The lowest BCUT2D eigenvalue weighted by atomic mass is 9.76. The van der Waals surface area contributed by atoms with Crippen molar-refractivity contribution in [3.63, 3.8) is 0 Å². The highest BCUT2D eigenvalue weighted by atomic mass is 32.1. The third-order valence-electron chi connectivity index (χ3n) is 4.26. The lowest BCUT2D eigenvalue weighted by Crippen LogP contribution is -2.39. The van der Waals surface area contributed by atoms with E-state index >= 15 is 0 Å². The number of thiophene rings is 1.